The maximum absolute atomic E-state index is 13.1. The van der Waals surface area contributed by atoms with Crippen LogP contribution in [0, 0.1) is 39.4 Å². The minimum atomic E-state index is 0.0238. The molecule has 2 unspecified atom stereocenters. The van der Waals surface area contributed by atoms with Crippen LogP contribution in [0.3, 0.4) is 0 Å². The lowest BCUT2D eigenvalue weighted by Gasteiger charge is -2.62. The Bertz CT molecular complexity index is 1110. The first-order valence-electron chi connectivity index (χ1n) is 21.9. The Balaban J connectivity index is 1.23. The molecule has 0 aliphatic heterocycles. The van der Waals surface area contributed by atoms with Crippen molar-refractivity contribution >= 4 is 5.97 Å². The number of ether oxygens (including phenoxy) is 1. The Hall–Kier alpha value is -1.05. The molecule has 4 aliphatic carbocycles. The number of unbranched alkanes of at least 4 members (excludes halogenated alkanes) is 13. The van der Waals surface area contributed by atoms with Crippen LogP contribution in [-0.4, -0.2) is 12.1 Å². The zero-order valence-electron chi connectivity index (χ0n) is 34.4. The predicted octanol–water partition coefficient (Wildman–Crippen LogP) is 14.9. The summed E-state index contributed by atoms with van der Waals surface area (Å²) < 4.78 is 6.38. The van der Waals surface area contributed by atoms with Gasteiger partial charge in [-0.3, -0.25) is 4.79 Å². The molecule has 4 aliphatic rings. The van der Waals surface area contributed by atoms with Gasteiger partial charge in [-0.05, 0) is 118 Å². The molecule has 0 saturated heterocycles. The van der Waals surface area contributed by atoms with E-state index < -0.39 is 0 Å². The van der Waals surface area contributed by atoms with Crippen LogP contribution in [0.15, 0.2) is 22.8 Å². The van der Waals surface area contributed by atoms with Gasteiger partial charge in [-0.2, -0.15) is 0 Å². The van der Waals surface area contributed by atoms with E-state index in [2.05, 4.69) is 68.4 Å². The predicted molar refractivity (Wildman–Crippen MR) is 212 cm³/mol. The molecule has 2 saturated carbocycles. The van der Waals surface area contributed by atoms with Crippen molar-refractivity contribution in [2.24, 2.45) is 39.4 Å². The highest BCUT2D eigenvalue weighted by Gasteiger charge is 2.63. The van der Waals surface area contributed by atoms with E-state index in [-0.39, 0.29) is 22.9 Å². The number of fused-ring (bicyclic) bond motifs is 4. The van der Waals surface area contributed by atoms with Crippen LogP contribution in [0.4, 0.5) is 0 Å². The first-order valence-corrected chi connectivity index (χ1v) is 21.9. The van der Waals surface area contributed by atoms with Crippen LogP contribution < -0.4 is 0 Å². The fraction of sp³-hybridized carbons (Fsp3) is 0.894. The SMILES string of the molecule is CCCCCCCCCCCCCCCCC(=O)OC1CC[C@]2(C)C3=C(CCC2C1(C)C)[C@]1(C)CC[C@H]([C@H](C)CCC=C(C)C)[C@@]1(C)CC3. The monoisotopic (exact) mass is 679 g/mol. The van der Waals surface area contributed by atoms with Crippen molar-refractivity contribution in [3.63, 3.8) is 0 Å². The normalized spacial score (nSPS) is 32.6. The van der Waals surface area contributed by atoms with Crippen molar-refractivity contribution in [1.29, 1.82) is 0 Å². The highest BCUT2D eigenvalue weighted by molar-refractivity contribution is 5.69. The summed E-state index contributed by atoms with van der Waals surface area (Å²) in [5.74, 6) is 2.30. The molecule has 0 spiro atoms. The fourth-order valence-electron chi connectivity index (χ4n) is 12.3. The molecule has 4 rings (SSSR count). The van der Waals surface area contributed by atoms with E-state index in [0.29, 0.717) is 23.2 Å². The van der Waals surface area contributed by atoms with Gasteiger partial charge in [-0.15, -0.1) is 0 Å². The number of esters is 1. The summed E-state index contributed by atoms with van der Waals surface area (Å²) in [6, 6.07) is 0. The second-order valence-corrected chi connectivity index (χ2v) is 19.4. The number of allylic oxidation sites excluding steroid dienone is 4. The molecule has 0 aromatic rings. The lowest BCUT2D eigenvalue weighted by Crippen LogP contribution is -2.55. The molecule has 7 atom stereocenters. The van der Waals surface area contributed by atoms with E-state index in [4.69, 9.17) is 4.74 Å². The topological polar surface area (TPSA) is 26.3 Å². The maximum atomic E-state index is 13.1. The summed E-state index contributed by atoms with van der Waals surface area (Å²) in [4.78, 5) is 13.1. The summed E-state index contributed by atoms with van der Waals surface area (Å²) in [6.45, 7) is 22.2. The van der Waals surface area contributed by atoms with E-state index in [1.54, 1.807) is 0 Å². The summed E-state index contributed by atoms with van der Waals surface area (Å²) >= 11 is 0. The van der Waals surface area contributed by atoms with Crippen molar-refractivity contribution in [1.82, 2.24) is 0 Å². The number of carbonyl (C=O) groups is 1. The van der Waals surface area contributed by atoms with Gasteiger partial charge < -0.3 is 4.74 Å². The van der Waals surface area contributed by atoms with E-state index in [1.165, 1.54) is 147 Å². The van der Waals surface area contributed by atoms with Crippen LogP contribution >= 0.6 is 0 Å². The van der Waals surface area contributed by atoms with Crippen molar-refractivity contribution in [3.8, 4) is 0 Å². The zero-order valence-corrected chi connectivity index (χ0v) is 34.4. The number of hydrogen-bond acceptors (Lipinski definition) is 2. The Morgan fingerprint density at radius 1 is 0.755 bits per heavy atom. The van der Waals surface area contributed by atoms with Crippen molar-refractivity contribution in [2.45, 2.75) is 229 Å². The largest absolute Gasteiger partial charge is 0.462 e. The average Bonchev–Trinajstić information content (AvgIpc) is 3.33. The van der Waals surface area contributed by atoms with Gasteiger partial charge in [0.15, 0.2) is 0 Å². The molecule has 2 nitrogen and oxygen atoms in total. The summed E-state index contributed by atoms with van der Waals surface area (Å²) in [5.41, 5.74) is 6.25. The van der Waals surface area contributed by atoms with Gasteiger partial charge >= 0.3 is 5.97 Å². The Morgan fingerprint density at radius 3 is 1.94 bits per heavy atom. The number of hydrogen-bond donors (Lipinski definition) is 0. The molecule has 49 heavy (non-hydrogen) atoms. The van der Waals surface area contributed by atoms with Crippen LogP contribution in [0.5, 0.6) is 0 Å². The molecule has 0 heterocycles. The standard InChI is InChI=1S/C47H82O2/c1-10-11-12-13-14-15-16-17-18-19-20-21-22-23-27-43(48)49-42-32-33-45(7)39-31-35-46(8)38(37(4)26-24-25-36(2)3)30-34-47(46,9)40(39)28-29-41(45)44(42,5)6/h25,37-38,41-42H,10-24,26-35H2,1-9H3/t37-,38-,41?,42?,45-,46-,47+/m1/s1. The van der Waals surface area contributed by atoms with E-state index in [1.807, 2.05) is 11.1 Å². The molecule has 0 aromatic heterocycles. The highest BCUT2D eigenvalue weighted by Crippen LogP contribution is 2.72. The molecular weight excluding hydrogens is 597 g/mol. The van der Waals surface area contributed by atoms with Gasteiger partial charge in [0.25, 0.3) is 0 Å². The van der Waals surface area contributed by atoms with Crippen LogP contribution in [0.2, 0.25) is 0 Å². The van der Waals surface area contributed by atoms with E-state index in [9.17, 15) is 4.79 Å². The van der Waals surface area contributed by atoms with E-state index in [0.717, 1.165) is 24.7 Å². The van der Waals surface area contributed by atoms with Crippen LogP contribution in [0.25, 0.3) is 0 Å². The molecule has 2 fully saturated rings. The third-order valence-electron chi connectivity index (χ3n) is 15.6. The lowest BCUT2D eigenvalue weighted by atomic mass is 9.43. The second-order valence-electron chi connectivity index (χ2n) is 19.4. The minimum absolute atomic E-state index is 0.0238. The molecule has 0 N–H and O–H groups in total. The molecule has 0 radical (unpaired) electrons. The molecule has 0 aromatic carbocycles. The van der Waals surface area contributed by atoms with Gasteiger partial charge in [0, 0.05) is 11.8 Å². The molecule has 0 amide bonds. The summed E-state index contributed by atoms with van der Waals surface area (Å²) in [5, 5.41) is 0. The molecular formula is C47H82O2. The van der Waals surface area contributed by atoms with Gasteiger partial charge in [0.2, 0.25) is 0 Å². The summed E-state index contributed by atoms with van der Waals surface area (Å²) in [7, 11) is 0. The van der Waals surface area contributed by atoms with Gasteiger partial charge in [-0.1, -0.05) is 155 Å². The third kappa shape index (κ3) is 9.31. The molecule has 282 valence electrons. The third-order valence-corrected chi connectivity index (χ3v) is 15.6. The highest BCUT2D eigenvalue weighted by atomic mass is 16.5. The fourth-order valence-corrected chi connectivity index (χ4v) is 12.3. The molecule has 0 bridgehead atoms. The number of rotatable bonds is 20. The minimum Gasteiger partial charge on any atom is -0.462 e. The first kappa shape index (κ1) is 40.7. The Kier molecular flexibility index (Phi) is 15.1. The molecule has 2 heteroatoms. The van der Waals surface area contributed by atoms with Crippen molar-refractivity contribution < 1.29 is 9.53 Å². The zero-order chi connectivity index (χ0) is 35.7. The maximum Gasteiger partial charge on any atom is 0.306 e. The first-order chi connectivity index (χ1) is 23.3. The average molecular weight is 679 g/mol. The second kappa shape index (κ2) is 18.1. The van der Waals surface area contributed by atoms with Crippen LogP contribution in [-0.2, 0) is 9.53 Å². The van der Waals surface area contributed by atoms with Crippen LogP contribution in [0.1, 0.15) is 223 Å². The summed E-state index contributed by atoms with van der Waals surface area (Å²) in [6.07, 6.45) is 34.7. The van der Waals surface area contributed by atoms with Gasteiger partial charge in [-0.25, -0.2) is 0 Å². The quantitative estimate of drug-likeness (QED) is 0.0728. The lowest BCUT2D eigenvalue weighted by molar-refractivity contribution is -0.170. The van der Waals surface area contributed by atoms with Crippen molar-refractivity contribution in [2.75, 3.05) is 0 Å². The van der Waals surface area contributed by atoms with E-state index >= 15 is 0 Å². The van der Waals surface area contributed by atoms with Crippen molar-refractivity contribution in [3.05, 3.63) is 22.8 Å². The Morgan fingerprint density at radius 2 is 1.35 bits per heavy atom. The number of carbonyl (C=O) groups excluding carboxylic acids is 1. The Labute approximate surface area is 305 Å². The van der Waals surface area contributed by atoms with Gasteiger partial charge in [0.1, 0.15) is 6.10 Å². The van der Waals surface area contributed by atoms with Gasteiger partial charge in [0.05, 0.1) is 0 Å². The smallest absolute Gasteiger partial charge is 0.306 e.